The summed E-state index contributed by atoms with van der Waals surface area (Å²) in [4.78, 5) is 32.4. The summed E-state index contributed by atoms with van der Waals surface area (Å²) in [6, 6.07) is 30.8. The highest BCUT2D eigenvalue weighted by Gasteiger charge is 2.53. The van der Waals surface area contributed by atoms with E-state index in [1.54, 1.807) is 60.4 Å². The highest BCUT2D eigenvalue weighted by molar-refractivity contribution is 7.95. The molecule has 3 aromatic rings. The maximum atomic E-state index is 14.6. The number of methoxy groups -OCH3 is 1. The minimum Gasteiger partial charge on any atom is -0.459 e. The normalized spacial score (nSPS) is 37.6. The third-order valence-corrected chi connectivity index (χ3v) is 21.7. The smallest absolute Gasteiger partial charge is 0.311 e. The molecule has 0 bridgehead atoms. The van der Waals surface area contributed by atoms with Crippen molar-refractivity contribution in [3.63, 3.8) is 0 Å². The third-order valence-electron chi connectivity index (χ3n) is 17.2. The fraction of sp³-hybridized carbons (Fsp3) is 0.667. The third kappa shape index (κ3) is 13.8. The highest BCUT2D eigenvalue weighted by Crippen LogP contribution is 2.56. The molecule has 3 heterocycles. The van der Waals surface area contributed by atoms with Crippen LogP contribution in [0.15, 0.2) is 91.0 Å². The van der Waals surface area contributed by atoms with E-state index in [9.17, 15) is 35.1 Å². The van der Waals surface area contributed by atoms with Gasteiger partial charge in [0.25, 0.3) is 0 Å². The van der Waals surface area contributed by atoms with Crippen molar-refractivity contribution < 1.29 is 63.5 Å². The predicted octanol–water partition coefficient (Wildman–Crippen LogP) is 5.96. The van der Waals surface area contributed by atoms with Crippen LogP contribution in [0.3, 0.4) is 0 Å². The molecule has 18 atom stereocenters. The van der Waals surface area contributed by atoms with E-state index in [0.29, 0.717) is 19.4 Å². The molecule has 0 aliphatic carbocycles. The quantitative estimate of drug-likeness (QED) is 0.0679. The van der Waals surface area contributed by atoms with Crippen molar-refractivity contribution in [1.82, 2.24) is 9.80 Å². The molecule has 0 unspecified atom stereocenters. The molecule has 3 aliphatic rings. The lowest BCUT2D eigenvalue weighted by Gasteiger charge is -2.49. The molecule has 0 saturated carbocycles. The van der Waals surface area contributed by atoms with Gasteiger partial charge in [-0.25, -0.2) is 0 Å². The van der Waals surface area contributed by atoms with Crippen molar-refractivity contribution in [2.75, 3.05) is 33.9 Å². The molecule has 3 aliphatic heterocycles. The fourth-order valence-corrected chi connectivity index (χ4v) is 16.9. The van der Waals surface area contributed by atoms with Crippen LogP contribution in [-0.2, 0) is 38.0 Å². The van der Waals surface area contributed by atoms with Gasteiger partial charge in [-0.15, -0.1) is 0 Å². The first kappa shape index (κ1) is 61.8. The van der Waals surface area contributed by atoms with Crippen LogP contribution < -0.4 is 15.9 Å². The summed E-state index contributed by atoms with van der Waals surface area (Å²) in [5.41, 5.74) is -4.61. The SMILES string of the molecule is CC[C@H]1OC(=O)[C@H](C)[C@@H](O[C@H]2C[C@@](C)(OC)[C@@H](O)[C@H](C)O2)[C@H](C)[C@@H](O[C@@H]2O[C@H](C)C[C@H](N(C)C(=O)CCCC[P+](c3ccccc3)(c3ccccc3)c3ccccc3)[C@H]2O)[C@](C)(O)C[C@@H](C)CN(C)[C@H](C)[C@@H](O)[C@]1(C)O. The summed E-state index contributed by atoms with van der Waals surface area (Å²) >= 11 is 0. The number of nitrogens with zero attached hydrogens (tertiary/aromatic N) is 2. The molecular formula is C60H92N2O13P+. The van der Waals surface area contributed by atoms with Gasteiger partial charge >= 0.3 is 5.97 Å². The van der Waals surface area contributed by atoms with Crippen LogP contribution in [0.25, 0.3) is 0 Å². The number of carbonyl (C=O) groups excluding carboxylic acids is 2. The topological polar surface area (TPSA) is 197 Å². The second-order valence-electron chi connectivity index (χ2n) is 23.2. The molecule has 1 amide bonds. The largest absolute Gasteiger partial charge is 0.459 e. The molecule has 3 aromatic carbocycles. The van der Waals surface area contributed by atoms with Crippen molar-refractivity contribution in [2.45, 2.75) is 204 Å². The number of ether oxygens (including phenoxy) is 6. The monoisotopic (exact) mass is 1080 g/mol. The van der Waals surface area contributed by atoms with Gasteiger partial charge in [0.1, 0.15) is 53.2 Å². The lowest BCUT2D eigenvalue weighted by Crippen LogP contribution is -2.61. The van der Waals surface area contributed by atoms with Crippen molar-refractivity contribution in [3.05, 3.63) is 91.0 Å². The molecule has 3 fully saturated rings. The number of esters is 1. The van der Waals surface area contributed by atoms with Crippen molar-refractivity contribution in [1.29, 1.82) is 0 Å². The minimum absolute atomic E-state index is 0.0845. The molecule has 0 spiro atoms. The van der Waals surface area contributed by atoms with Crippen LogP contribution in [0.2, 0.25) is 0 Å². The van der Waals surface area contributed by atoms with Gasteiger partial charge < -0.3 is 63.8 Å². The molecule has 15 nitrogen and oxygen atoms in total. The first-order valence-electron chi connectivity index (χ1n) is 27.7. The van der Waals surface area contributed by atoms with Crippen molar-refractivity contribution >= 4 is 35.1 Å². The van der Waals surface area contributed by atoms with Gasteiger partial charge in [-0.05, 0) is 130 Å². The molecular weight excluding hydrogens is 988 g/mol. The Kier molecular flexibility index (Phi) is 21.3. The van der Waals surface area contributed by atoms with Gasteiger partial charge in [-0.2, -0.15) is 0 Å². The number of aliphatic hydroxyl groups excluding tert-OH is 3. The number of rotatable bonds is 15. The van der Waals surface area contributed by atoms with Gasteiger partial charge in [0.05, 0.1) is 53.7 Å². The Morgan fingerprint density at radius 3 is 1.88 bits per heavy atom. The fourth-order valence-electron chi connectivity index (χ4n) is 12.5. The van der Waals surface area contributed by atoms with E-state index in [2.05, 4.69) is 72.8 Å². The van der Waals surface area contributed by atoms with Gasteiger partial charge in [-0.3, -0.25) is 9.59 Å². The Morgan fingerprint density at radius 2 is 1.36 bits per heavy atom. The zero-order valence-corrected chi connectivity index (χ0v) is 48.4. The number of benzene rings is 3. The second-order valence-corrected chi connectivity index (χ2v) is 26.8. The number of carbonyl (C=O) groups is 2. The maximum absolute atomic E-state index is 14.6. The van der Waals surface area contributed by atoms with Crippen LogP contribution in [0.1, 0.15) is 114 Å². The maximum Gasteiger partial charge on any atom is 0.311 e. The first-order valence-corrected chi connectivity index (χ1v) is 29.7. The van der Waals surface area contributed by atoms with Crippen molar-refractivity contribution in [2.24, 2.45) is 17.8 Å². The Hall–Kier alpha value is -3.41. The molecule has 5 N–H and O–H groups in total. The van der Waals surface area contributed by atoms with Crippen LogP contribution in [-0.4, -0.2) is 171 Å². The summed E-state index contributed by atoms with van der Waals surface area (Å²) in [5, 5.41) is 63.9. The number of cyclic esters (lactones) is 1. The second kappa shape index (κ2) is 26.2. The van der Waals surface area contributed by atoms with E-state index in [1.807, 2.05) is 44.0 Å². The van der Waals surface area contributed by atoms with Gasteiger partial charge in [0.2, 0.25) is 5.91 Å². The van der Waals surface area contributed by atoms with Gasteiger partial charge in [0.15, 0.2) is 12.6 Å². The van der Waals surface area contributed by atoms with E-state index < -0.39 is 115 Å². The van der Waals surface area contributed by atoms with Crippen LogP contribution in [0, 0.1) is 17.8 Å². The van der Waals surface area contributed by atoms with E-state index in [0.717, 1.165) is 12.6 Å². The lowest BCUT2D eigenvalue weighted by molar-refractivity contribution is -0.317. The summed E-state index contributed by atoms with van der Waals surface area (Å²) in [7, 11) is 2.95. The standard InChI is InChI=1S/C60H92N2O13P/c1-14-48-60(10,69)53(65)42(6)61(11)37-38(2)35-58(8,68)55(40(4)52(41(5)56(67)73-48)74-50-36-59(9,70-13)54(66)43(7)72-50)75-57-51(64)47(34-39(3)71-57)62(12)49(63)32-24-25-33-76(44-26-18-15-19-27-44,45-28-20-16-21-29-45)46-30-22-17-23-31-46/h15-23,26-31,38-43,47-48,50-55,57,64-66,68-69H,14,24-25,32-37H2,1-13H3/q+1/t38-,39-,40+,41-,42-,43+,47+,48-,50+,51-,52+,53-,54+,55-,57+,58-,59-,60-/m1/s1. The number of amides is 1. The Morgan fingerprint density at radius 1 is 0.803 bits per heavy atom. The Labute approximate surface area is 453 Å². The number of aliphatic hydroxyl groups is 5. The molecule has 6 rings (SSSR count). The minimum atomic E-state index is -2.10. The predicted molar refractivity (Wildman–Crippen MR) is 297 cm³/mol. The molecule has 0 radical (unpaired) electrons. The Balaban J connectivity index is 1.28. The van der Waals surface area contributed by atoms with E-state index in [1.165, 1.54) is 29.9 Å². The van der Waals surface area contributed by atoms with E-state index >= 15 is 0 Å². The molecule has 16 heteroatoms. The highest BCUT2D eigenvalue weighted by atomic mass is 31.2. The molecule has 0 aromatic heterocycles. The summed E-state index contributed by atoms with van der Waals surface area (Å²) < 4.78 is 38.4. The number of hydrogen-bond donors (Lipinski definition) is 5. The zero-order chi connectivity index (χ0) is 55.9. The van der Waals surface area contributed by atoms with E-state index in [-0.39, 0.29) is 37.5 Å². The number of unbranched alkanes of at least 4 members (excludes halogenated alkanes) is 1. The van der Waals surface area contributed by atoms with Crippen LogP contribution in [0.5, 0.6) is 0 Å². The van der Waals surface area contributed by atoms with Gasteiger partial charge in [-0.1, -0.05) is 75.4 Å². The lowest BCUT2D eigenvalue weighted by atomic mass is 9.77. The van der Waals surface area contributed by atoms with Crippen LogP contribution >= 0.6 is 7.26 Å². The Bertz CT molecular complexity index is 2180. The van der Waals surface area contributed by atoms with Gasteiger partial charge in [0, 0.05) is 45.5 Å². The zero-order valence-electron chi connectivity index (χ0n) is 47.5. The average molecular weight is 1080 g/mol. The number of hydrogen-bond acceptors (Lipinski definition) is 14. The average Bonchev–Trinajstić information content (AvgIpc) is 3.40. The van der Waals surface area contributed by atoms with Crippen LogP contribution in [0.4, 0.5) is 0 Å². The summed E-state index contributed by atoms with van der Waals surface area (Å²) in [5.74, 6) is -3.02. The molecule has 424 valence electrons. The molecule has 3 saturated heterocycles. The summed E-state index contributed by atoms with van der Waals surface area (Å²) in [6.07, 6.45) is -7.31. The molecule has 76 heavy (non-hydrogen) atoms. The van der Waals surface area contributed by atoms with E-state index in [4.69, 9.17) is 28.4 Å². The number of likely N-dealkylation sites (N-methyl/N-ethyl adjacent to an activating group) is 2. The van der Waals surface area contributed by atoms with Crippen molar-refractivity contribution in [3.8, 4) is 0 Å². The summed E-state index contributed by atoms with van der Waals surface area (Å²) in [6.45, 7) is 17.8. The first-order chi connectivity index (χ1) is 35.8.